The Balaban J connectivity index is 2.06. The lowest BCUT2D eigenvalue weighted by atomic mass is 10.1. The average molecular weight is 286 g/mol. The van der Waals surface area contributed by atoms with E-state index in [9.17, 15) is 4.79 Å². The molecule has 0 bridgehead atoms. The van der Waals surface area contributed by atoms with Crippen molar-refractivity contribution in [2.24, 2.45) is 0 Å². The van der Waals surface area contributed by atoms with Gasteiger partial charge >= 0.3 is 0 Å². The molecule has 0 aliphatic rings. The summed E-state index contributed by atoms with van der Waals surface area (Å²) in [5.41, 5.74) is 2.88. The Labute approximate surface area is 124 Å². The molecule has 0 aliphatic heterocycles. The minimum absolute atomic E-state index is 0.147. The van der Waals surface area contributed by atoms with Crippen molar-refractivity contribution in [3.05, 3.63) is 70.8 Å². The predicted octanol–water partition coefficient (Wildman–Crippen LogP) is 4.55. The Bertz CT molecular complexity index is 634. The van der Waals surface area contributed by atoms with Crippen LogP contribution in [0.25, 0.3) is 6.08 Å². The van der Waals surface area contributed by atoms with Crippen molar-refractivity contribution < 1.29 is 4.79 Å². The monoisotopic (exact) mass is 285 g/mol. The first kappa shape index (κ1) is 14.4. The molecule has 2 aromatic rings. The lowest BCUT2D eigenvalue weighted by Crippen LogP contribution is -2.09. The molecule has 3 heteroatoms. The molecule has 1 N–H and O–H groups in total. The molecule has 20 heavy (non-hydrogen) atoms. The summed E-state index contributed by atoms with van der Waals surface area (Å²) in [4.78, 5) is 11.9. The Kier molecular flexibility index (Phi) is 4.97. The van der Waals surface area contributed by atoms with E-state index in [0.29, 0.717) is 5.02 Å². The molecule has 0 heterocycles. The summed E-state index contributed by atoms with van der Waals surface area (Å²) in [6.07, 6.45) is 4.14. The van der Waals surface area contributed by atoms with Crippen LogP contribution in [0.3, 0.4) is 0 Å². The van der Waals surface area contributed by atoms with Gasteiger partial charge in [-0.05, 0) is 41.8 Å². The number of carbonyl (C=O) groups excluding carboxylic acids is 1. The van der Waals surface area contributed by atoms with E-state index in [-0.39, 0.29) is 5.91 Å². The van der Waals surface area contributed by atoms with Crippen molar-refractivity contribution in [3.8, 4) is 0 Å². The fourth-order valence-corrected chi connectivity index (χ4v) is 2.11. The first-order valence-electron chi connectivity index (χ1n) is 6.51. The zero-order valence-electron chi connectivity index (χ0n) is 11.3. The number of hydrogen-bond donors (Lipinski definition) is 1. The number of aryl methyl sites for hydroxylation is 1. The van der Waals surface area contributed by atoms with Crippen LogP contribution in [0.5, 0.6) is 0 Å². The molecule has 0 aromatic heterocycles. The number of nitrogens with one attached hydrogen (secondary N) is 1. The topological polar surface area (TPSA) is 29.1 Å². The summed E-state index contributed by atoms with van der Waals surface area (Å²) < 4.78 is 0. The van der Waals surface area contributed by atoms with E-state index in [4.69, 9.17) is 11.6 Å². The van der Waals surface area contributed by atoms with Gasteiger partial charge in [0.15, 0.2) is 0 Å². The minimum atomic E-state index is -0.147. The molecular weight excluding hydrogens is 270 g/mol. The van der Waals surface area contributed by atoms with E-state index in [1.165, 1.54) is 6.08 Å². The molecule has 2 nitrogen and oxygen atoms in total. The van der Waals surface area contributed by atoms with Crippen molar-refractivity contribution in [1.82, 2.24) is 0 Å². The van der Waals surface area contributed by atoms with E-state index < -0.39 is 0 Å². The Morgan fingerprint density at radius 1 is 1.20 bits per heavy atom. The van der Waals surface area contributed by atoms with Crippen LogP contribution in [0.4, 0.5) is 5.69 Å². The molecule has 0 unspecified atom stereocenters. The minimum Gasteiger partial charge on any atom is -0.322 e. The second kappa shape index (κ2) is 6.92. The summed E-state index contributed by atoms with van der Waals surface area (Å²) >= 11 is 5.90. The molecule has 0 saturated heterocycles. The summed E-state index contributed by atoms with van der Waals surface area (Å²) in [5.74, 6) is -0.147. The van der Waals surface area contributed by atoms with Gasteiger partial charge in [0.1, 0.15) is 0 Å². The summed E-state index contributed by atoms with van der Waals surface area (Å²) in [6, 6.07) is 15.2. The maximum Gasteiger partial charge on any atom is 0.248 e. The lowest BCUT2D eigenvalue weighted by Gasteiger charge is -2.07. The number of carbonyl (C=O) groups is 1. The third-order valence-corrected chi connectivity index (χ3v) is 3.17. The Morgan fingerprint density at radius 3 is 2.75 bits per heavy atom. The van der Waals surface area contributed by atoms with Gasteiger partial charge < -0.3 is 5.32 Å². The Hall–Kier alpha value is -2.06. The fraction of sp³-hybridized carbons (Fsp3) is 0.118. The third kappa shape index (κ3) is 3.97. The van der Waals surface area contributed by atoms with Crippen molar-refractivity contribution in [2.45, 2.75) is 13.3 Å². The summed E-state index contributed by atoms with van der Waals surface area (Å²) in [6.45, 7) is 2.06. The number of para-hydroxylation sites is 1. The highest BCUT2D eigenvalue weighted by atomic mass is 35.5. The highest BCUT2D eigenvalue weighted by molar-refractivity contribution is 6.30. The van der Waals surface area contributed by atoms with Crippen molar-refractivity contribution in [1.29, 1.82) is 0 Å². The van der Waals surface area contributed by atoms with E-state index in [1.807, 2.05) is 42.5 Å². The molecule has 2 aromatic carbocycles. The molecule has 0 aliphatic carbocycles. The van der Waals surface area contributed by atoms with Gasteiger partial charge in [0.05, 0.1) is 0 Å². The van der Waals surface area contributed by atoms with Gasteiger partial charge in [-0.25, -0.2) is 0 Å². The van der Waals surface area contributed by atoms with E-state index in [2.05, 4.69) is 12.2 Å². The molecule has 0 spiro atoms. The predicted molar refractivity (Wildman–Crippen MR) is 84.9 cm³/mol. The van der Waals surface area contributed by atoms with Crippen molar-refractivity contribution >= 4 is 29.3 Å². The molecule has 0 atom stereocenters. The number of rotatable bonds is 4. The van der Waals surface area contributed by atoms with Gasteiger partial charge in [-0.1, -0.05) is 48.9 Å². The molecule has 0 radical (unpaired) electrons. The zero-order chi connectivity index (χ0) is 14.4. The van der Waals surface area contributed by atoms with Crippen LogP contribution in [0.15, 0.2) is 54.6 Å². The standard InChI is InChI=1S/C17H16ClNO/c1-2-14-7-3-4-9-16(14)19-17(20)11-10-13-6-5-8-15(18)12-13/h3-12H,2H2,1H3,(H,19,20). The van der Waals surface area contributed by atoms with Crippen LogP contribution in [-0.4, -0.2) is 5.91 Å². The lowest BCUT2D eigenvalue weighted by molar-refractivity contribution is -0.111. The van der Waals surface area contributed by atoms with Crippen LogP contribution in [0, 0.1) is 0 Å². The molecule has 2 rings (SSSR count). The second-order valence-corrected chi connectivity index (χ2v) is 4.82. The average Bonchev–Trinajstić information content (AvgIpc) is 2.46. The van der Waals surface area contributed by atoms with Crippen LogP contribution in [0.2, 0.25) is 5.02 Å². The maximum atomic E-state index is 11.9. The summed E-state index contributed by atoms with van der Waals surface area (Å²) in [7, 11) is 0. The van der Waals surface area contributed by atoms with E-state index >= 15 is 0 Å². The largest absolute Gasteiger partial charge is 0.322 e. The number of halogens is 1. The van der Waals surface area contributed by atoms with Gasteiger partial charge in [-0.15, -0.1) is 0 Å². The summed E-state index contributed by atoms with van der Waals surface area (Å²) in [5, 5.41) is 3.54. The quantitative estimate of drug-likeness (QED) is 0.820. The highest BCUT2D eigenvalue weighted by Crippen LogP contribution is 2.16. The maximum absolute atomic E-state index is 11.9. The van der Waals surface area contributed by atoms with Crippen LogP contribution in [0.1, 0.15) is 18.1 Å². The second-order valence-electron chi connectivity index (χ2n) is 4.39. The Morgan fingerprint density at radius 2 is 2.00 bits per heavy atom. The van der Waals surface area contributed by atoms with Crippen LogP contribution in [-0.2, 0) is 11.2 Å². The van der Waals surface area contributed by atoms with Crippen molar-refractivity contribution in [3.63, 3.8) is 0 Å². The molecule has 0 saturated carbocycles. The molecule has 1 amide bonds. The molecule has 0 fully saturated rings. The third-order valence-electron chi connectivity index (χ3n) is 2.93. The highest BCUT2D eigenvalue weighted by Gasteiger charge is 2.02. The van der Waals surface area contributed by atoms with Crippen LogP contribution < -0.4 is 5.32 Å². The number of anilines is 1. The first-order valence-corrected chi connectivity index (χ1v) is 6.89. The normalized spacial score (nSPS) is 10.7. The SMILES string of the molecule is CCc1ccccc1NC(=O)C=Cc1cccc(Cl)c1. The van der Waals surface area contributed by atoms with Gasteiger partial charge in [0.2, 0.25) is 5.91 Å². The van der Waals surface area contributed by atoms with Gasteiger partial charge in [0, 0.05) is 16.8 Å². The number of benzene rings is 2. The van der Waals surface area contributed by atoms with E-state index in [0.717, 1.165) is 23.2 Å². The van der Waals surface area contributed by atoms with Gasteiger partial charge in [0.25, 0.3) is 0 Å². The smallest absolute Gasteiger partial charge is 0.248 e. The first-order chi connectivity index (χ1) is 9.69. The van der Waals surface area contributed by atoms with Gasteiger partial charge in [-0.2, -0.15) is 0 Å². The van der Waals surface area contributed by atoms with Crippen molar-refractivity contribution in [2.75, 3.05) is 5.32 Å². The zero-order valence-corrected chi connectivity index (χ0v) is 12.0. The van der Waals surface area contributed by atoms with Gasteiger partial charge in [-0.3, -0.25) is 4.79 Å². The van der Waals surface area contributed by atoms with E-state index in [1.54, 1.807) is 12.1 Å². The number of amides is 1. The molecule has 102 valence electrons. The molecular formula is C17H16ClNO. The van der Waals surface area contributed by atoms with Crippen LogP contribution >= 0.6 is 11.6 Å². The number of hydrogen-bond acceptors (Lipinski definition) is 1. The fourth-order valence-electron chi connectivity index (χ4n) is 1.91.